The van der Waals surface area contributed by atoms with E-state index in [4.69, 9.17) is 0 Å². The highest BCUT2D eigenvalue weighted by atomic mass is 19.1. The maximum absolute atomic E-state index is 13.5. The zero-order valence-corrected chi connectivity index (χ0v) is 21.2. The molecule has 1 aliphatic carbocycles. The van der Waals surface area contributed by atoms with E-state index in [2.05, 4.69) is 51.4 Å². The first-order valence-corrected chi connectivity index (χ1v) is 13.1. The molecule has 190 valence electrons. The smallest absolute Gasteiger partial charge is 0.253 e. The monoisotopic (exact) mass is 498 g/mol. The molecule has 3 heterocycles. The lowest BCUT2D eigenvalue weighted by molar-refractivity contribution is 0.229. The molecule has 0 saturated heterocycles. The highest BCUT2D eigenvalue weighted by Crippen LogP contribution is 2.35. The Bertz CT molecular complexity index is 1530. The van der Waals surface area contributed by atoms with Crippen molar-refractivity contribution in [3.63, 3.8) is 0 Å². The third kappa shape index (κ3) is 4.50. The highest BCUT2D eigenvalue weighted by molar-refractivity contribution is 5.81. The second-order valence-corrected chi connectivity index (χ2v) is 10.4. The number of aromatic nitrogens is 5. The molecule has 8 heteroatoms. The number of nitrogens with one attached hydrogen (secondary N) is 1. The van der Waals surface area contributed by atoms with Gasteiger partial charge in [-0.15, -0.1) is 5.10 Å². The Hall–Kier alpha value is -3.65. The third-order valence-corrected chi connectivity index (χ3v) is 8.04. The van der Waals surface area contributed by atoms with Crippen molar-refractivity contribution < 1.29 is 4.39 Å². The van der Waals surface area contributed by atoms with Crippen LogP contribution in [0.15, 0.2) is 53.3 Å². The van der Waals surface area contributed by atoms with Crippen LogP contribution in [0.4, 0.5) is 4.39 Å². The summed E-state index contributed by atoms with van der Waals surface area (Å²) in [6.45, 7) is 5.51. The highest BCUT2D eigenvalue weighted by Gasteiger charge is 2.34. The van der Waals surface area contributed by atoms with Gasteiger partial charge in [-0.1, -0.05) is 31.1 Å². The number of hydrogen-bond donors (Lipinski definition) is 1. The van der Waals surface area contributed by atoms with E-state index < -0.39 is 0 Å². The number of aryl methyl sites for hydroxylation is 2. The molecule has 2 aliphatic rings. The molecule has 1 fully saturated rings. The van der Waals surface area contributed by atoms with E-state index in [0.717, 1.165) is 66.5 Å². The topological polar surface area (TPSA) is 79.7 Å². The Morgan fingerprint density at radius 2 is 1.81 bits per heavy atom. The summed E-state index contributed by atoms with van der Waals surface area (Å²) in [6.07, 6.45) is 7.39. The van der Waals surface area contributed by atoms with Crippen molar-refractivity contribution in [2.45, 2.75) is 58.0 Å². The first-order chi connectivity index (χ1) is 18.0. The summed E-state index contributed by atoms with van der Waals surface area (Å²) in [5, 5.41) is 14.0. The van der Waals surface area contributed by atoms with Gasteiger partial charge in [-0.25, -0.2) is 9.07 Å². The predicted molar refractivity (Wildman–Crippen MR) is 142 cm³/mol. The number of hydrogen-bond acceptors (Lipinski definition) is 5. The lowest BCUT2D eigenvalue weighted by Gasteiger charge is -2.33. The normalized spacial score (nSPS) is 17.9. The third-order valence-electron chi connectivity index (χ3n) is 8.04. The van der Waals surface area contributed by atoms with Crippen LogP contribution in [0.1, 0.15) is 72.3 Å². The van der Waals surface area contributed by atoms with Gasteiger partial charge in [0, 0.05) is 24.2 Å². The number of aromatic amines is 1. The van der Waals surface area contributed by atoms with Crippen molar-refractivity contribution in [1.29, 1.82) is 0 Å². The van der Waals surface area contributed by atoms with Gasteiger partial charge < -0.3 is 4.98 Å². The van der Waals surface area contributed by atoms with Gasteiger partial charge in [0.05, 0.1) is 6.04 Å². The lowest BCUT2D eigenvalue weighted by Crippen LogP contribution is -2.38. The fourth-order valence-corrected chi connectivity index (χ4v) is 5.83. The van der Waals surface area contributed by atoms with Crippen LogP contribution >= 0.6 is 0 Å². The molecule has 1 saturated carbocycles. The van der Waals surface area contributed by atoms with Crippen LogP contribution in [-0.4, -0.2) is 43.2 Å². The Labute approximate surface area is 215 Å². The second kappa shape index (κ2) is 9.67. The quantitative estimate of drug-likeness (QED) is 0.406. The molecule has 0 radical (unpaired) electrons. The summed E-state index contributed by atoms with van der Waals surface area (Å²) < 4.78 is 15.4. The van der Waals surface area contributed by atoms with E-state index in [9.17, 15) is 9.18 Å². The molecular weight excluding hydrogens is 467 g/mol. The van der Waals surface area contributed by atoms with Gasteiger partial charge in [0.25, 0.3) is 5.56 Å². The van der Waals surface area contributed by atoms with Crippen LogP contribution < -0.4 is 5.56 Å². The number of benzene rings is 2. The van der Waals surface area contributed by atoms with Gasteiger partial charge in [0.15, 0.2) is 5.82 Å². The molecule has 6 rings (SSSR count). The molecule has 0 amide bonds. The van der Waals surface area contributed by atoms with Gasteiger partial charge in [-0.05, 0) is 102 Å². The molecule has 1 atom stereocenters. The number of rotatable bonds is 5. The Balaban J connectivity index is 1.43. The van der Waals surface area contributed by atoms with E-state index in [0.29, 0.717) is 12.1 Å². The average molecular weight is 499 g/mol. The zero-order chi connectivity index (χ0) is 25.5. The summed E-state index contributed by atoms with van der Waals surface area (Å²) in [5.41, 5.74) is 5.92. The number of pyridine rings is 1. The summed E-state index contributed by atoms with van der Waals surface area (Å²) >= 11 is 0. The summed E-state index contributed by atoms with van der Waals surface area (Å²) in [5.74, 6) is 0.487. The summed E-state index contributed by atoms with van der Waals surface area (Å²) in [4.78, 5) is 19.0. The minimum absolute atomic E-state index is 0.116. The Morgan fingerprint density at radius 1 is 1.05 bits per heavy atom. The molecule has 2 aromatic carbocycles. The number of nitrogens with zero attached hydrogens (tertiary/aromatic N) is 5. The molecule has 7 nitrogen and oxygen atoms in total. The van der Waals surface area contributed by atoms with E-state index in [-0.39, 0.29) is 23.5 Å². The maximum atomic E-state index is 13.5. The largest absolute Gasteiger partial charge is 0.322 e. The zero-order valence-electron chi connectivity index (χ0n) is 21.2. The average Bonchev–Trinajstić information content (AvgIpc) is 3.59. The lowest BCUT2D eigenvalue weighted by atomic mass is 9.96. The Morgan fingerprint density at radius 3 is 2.54 bits per heavy atom. The minimum atomic E-state index is -0.378. The van der Waals surface area contributed by atoms with Crippen LogP contribution in [0, 0.1) is 19.7 Å². The molecule has 1 aliphatic heterocycles. The van der Waals surface area contributed by atoms with Crippen LogP contribution in [0.2, 0.25) is 0 Å². The molecule has 0 unspecified atom stereocenters. The van der Waals surface area contributed by atoms with Crippen LogP contribution in [-0.2, 0) is 0 Å². The van der Waals surface area contributed by atoms with Crippen molar-refractivity contribution in [3.8, 4) is 0 Å². The summed E-state index contributed by atoms with van der Waals surface area (Å²) in [6, 6.07) is 12.7. The van der Waals surface area contributed by atoms with Gasteiger partial charge >= 0.3 is 0 Å². The van der Waals surface area contributed by atoms with E-state index in [1.165, 1.54) is 23.3 Å². The molecule has 0 bridgehead atoms. The van der Waals surface area contributed by atoms with Crippen molar-refractivity contribution in [2.75, 3.05) is 13.1 Å². The fourth-order valence-electron chi connectivity index (χ4n) is 5.83. The molecule has 2 aromatic heterocycles. The number of H-pyrrole nitrogens is 1. The number of halogens is 1. The summed E-state index contributed by atoms with van der Waals surface area (Å²) in [7, 11) is 0. The van der Waals surface area contributed by atoms with Crippen LogP contribution in [0.25, 0.3) is 16.5 Å². The molecule has 1 N–H and O–H groups in total. The second-order valence-electron chi connectivity index (χ2n) is 10.4. The van der Waals surface area contributed by atoms with Crippen molar-refractivity contribution in [3.05, 3.63) is 92.8 Å². The Kier molecular flexibility index (Phi) is 6.20. The van der Waals surface area contributed by atoms with Crippen molar-refractivity contribution in [1.82, 2.24) is 30.1 Å². The van der Waals surface area contributed by atoms with Gasteiger partial charge in [-0.2, -0.15) is 0 Å². The number of fused-ring (bicyclic) bond motifs is 1. The standard InChI is InChI=1S/C29H31FN6O/c1-18-15-22-17-25(29(37)31-26(22)16-19(18)2)27(28-32-33-34-36(28)24-5-3-4-6-24)35-13-11-21(12-14-35)20-7-9-23(30)10-8-20/h7-11,15-17,24,27H,3-6,12-14H2,1-2H3,(H,31,37)/t27-/m1/s1. The maximum Gasteiger partial charge on any atom is 0.253 e. The minimum Gasteiger partial charge on any atom is -0.322 e. The van der Waals surface area contributed by atoms with E-state index in [1.807, 2.05) is 28.9 Å². The van der Waals surface area contributed by atoms with Crippen molar-refractivity contribution >= 4 is 16.5 Å². The predicted octanol–water partition coefficient (Wildman–Crippen LogP) is 5.26. The van der Waals surface area contributed by atoms with Gasteiger partial charge in [0.1, 0.15) is 11.9 Å². The van der Waals surface area contributed by atoms with Gasteiger partial charge in [-0.3, -0.25) is 9.69 Å². The first-order valence-electron chi connectivity index (χ1n) is 13.1. The van der Waals surface area contributed by atoms with Crippen LogP contribution in [0.5, 0.6) is 0 Å². The van der Waals surface area contributed by atoms with E-state index in [1.54, 1.807) is 0 Å². The first kappa shape index (κ1) is 23.7. The molecule has 0 spiro atoms. The van der Waals surface area contributed by atoms with Crippen molar-refractivity contribution in [2.24, 2.45) is 0 Å². The number of tetrazole rings is 1. The van der Waals surface area contributed by atoms with Gasteiger partial charge in [0.2, 0.25) is 0 Å². The van der Waals surface area contributed by atoms with E-state index >= 15 is 0 Å². The molecular formula is C29H31FN6O. The van der Waals surface area contributed by atoms with Crippen LogP contribution in [0.3, 0.4) is 0 Å². The molecule has 37 heavy (non-hydrogen) atoms. The SMILES string of the molecule is Cc1cc2cc([C@H](c3nnnn3C3CCCC3)N3CC=C(c4ccc(F)cc4)CC3)c(=O)[nH]c2cc1C. The fraction of sp³-hybridized carbons (Fsp3) is 0.379. The molecule has 4 aromatic rings.